The van der Waals surface area contributed by atoms with E-state index in [0.29, 0.717) is 0 Å². The summed E-state index contributed by atoms with van der Waals surface area (Å²) in [6, 6.07) is 9.99. The van der Waals surface area contributed by atoms with Gasteiger partial charge in [0.25, 0.3) is 0 Å². The fourth-order valence-electron chi connectivity index (χ4n) is 2.63. The van der Waals surface area contributed by atoms with Gasteiger partial charge in [-0.3, -0.25) is 4.99 Å². The van der Waals surface area contributed by atoms with Crippen LogP contribution in [0.5, 0.6) is 5.75 Å². The van der Waals surface area contributed by atoms with Gasteiger partial charge in [-0.1, -0.05) is 44.5 Å². The summed E-state index contributed by atoms with van der Waals surface area (Å²) in [6.45, 7) is 12.7. The minimum Gasteiger partial charge on any atom is -0.507 e. The van der Waals surface area contributed by atoms with Gasteiger partial charge in [0.15, 0.2) is 0 Å². The largest absolute Gasteiger partial charge is 0.507 e. The molecule has 0 amide bonds. The summed E-state index contributed by atoms with van der Waals surface area (Å²) in [5.74, 6) is 0.263. The molecule has 0 aliphatic carbocycles. The number of rotatable bonds is 2. The van der Waals surface area contributed by atoms with Crippen LogP contribution in [0, 0.1) is 20.8 Å². The Morgan fingerprint density at radius 3 is 2.09 bits per heavy atom. The van der Waals surface area contributed by atoms with Gasteiger partial charge in [0.2, 0.25) is 0 Å². The molecular formula is C20H25NO. The van der Waals surface area contributed by atoms with Gasteiger partial charge in [-0.2, -0.15) is 0 Å². The third-order valence-corrected chi connectivity index (χ3v) is 3.86. The van der Waals surface area contributed by atoms with Crippen LogP contribution in [0.15, 0.2) is 35.3 Å². The number of aromatic hydroxyl groups is 1. The molecule has 0 heterocycles. The molecule has 0 atom stereocenters. The van der Waals surface area contributed by atoms with Crippen molar-refractivity contribution in [1.82, 2.24) is 0 Å². The Bertz CT molecular complexity index is 698. The average molecular weight is 295 g/mol. The van der Waals surface area contributed by atoms with Gasteiger partial charge in [0.1, 0.15) is 5.75 Å². The number of hydrogen-bond donors (Lipinski definition) is 1. The summed E-state index contributed by atoms with van der Waals surface area (Å²) in [5, 5.41) is 10.1. The van der Waals surface area contributed by atoms with E-state index >= 15 is 0 Å². The van der Waals surface area contributed by atoms with Gasteiger partial charge in [0.05, 0.1) is 5.69 Å². The number of benzene rings is 2. The Balaban J connectivity index is 2.43. The Morgan fingerprint density at radius 1 is 0.955 bits per heavy atom. The van der Waals surface area contributed by atoms with E-state index < -0.39 is 0 Å². The van der Waals surface area contributed by atoms with Crippen LogP contribution in [0.3, 0.4) is 0 Å². The molecule has 0 saturated carbocycles. The van der Waals surface area contributed by atoms with Crippen molar-refractivity contribution in [2.45, 2.75) is 47.0 Å². The summed E-state index contributed by atoms with van der Waals surface area (Å²) in [7, 11) is 0. The van der Waals surface area contributed by atoms with Crippen LogP contribution >= 0.6 is 0 Å². The zero-order chi connectivity index (χ0) is 16.5. The van der Waals surface area contributed by atoms with Gasteiger partial charge < -0.3 is 5.11 Å². The Kier molecular flexibility index (Phi) is 4.41. The predicted molar refractivity (Wildman–Crippen MR) is 94.7 cm³/mol. The Hall–Kier alpha value is -2.09. The molecule has 22 heavy (non-hydrogen) atoms. The molecule has 0 aliphatic rings. The fraction of sp³-hybridized carbons (Fsp3) is 0.350. The van der Waals surface area contributed by atoms with Crippen LogP contribution in [0.25, 0.3) is 0 Å². The van der Waals surface area contributed by atoms with Gasteiger partial charge in [-0.25, -0.2) is 0 Å². The SMILES string of the molecule is Cc1cc(C)c(N=Cc2cc(C(C)(C)C)ccc2O)c(C)c1. The van der Waals surface area contributed by atoms with Crippen molar-refractivity contribution < 1.29 is 5.11 Å². The van der Waals surface area contributed by atoms with E-state index in [1.165, 1.54) is 11.1 Å². The van der Waals surface area contributed by atoms with Gasteiger partial charge in [-0.05, 0) is 55.0 Å². The third-order valence-electron chi connectivity index (χ3n) is 3.86. The average Bonchev–Trinajstić information content (AvgIpc) is 2.38. The summed E-state index contributed by atoms with van der Waals surface area (Å²) in [4.78, 5) is 4.62. The molecule has 0 bridgehead atoms. The van der Waals surface area contributed by atoms with Crippen molar-refractivity contribution in [3.63, 3.8) is 0 Å². The fourth-order valence-corrected chi connectivity index (χ4v) is 2.63. The topological polar surface area (TPSA) is 32.6 Å². The van der Waals surface area contributed by atoms with E-state index in [1.54, 1.807) is 12.3 Å². The molecule has 2 aromatic rings. The lowest BCUT2D eigenvalue weighted by molar-refractivity contribution is 0.473. The molecule has 2 aromatic carbocycles. The quantitative estimate of drug-likeness (QED) is 0.743. The number of nitrogens with zero attached hydrogens (tertiary/aromatic N) is 1. The molecular weight excluding hydrogens is 270 g/mol. The third kappa shape index (κ3) is 3.56. The van der Waals surface area contributed by atoms with Crippen molar-refractivity contribution in [3.8, 4) is 5.75 Å². The van der Waals surface area contributed by atoms with Crippen LogP contribution in [-0.2, 0) is 5.41 Å². The molecule has 116 valence electrons. The highest BCUT2D eigenvalue weighted by atomic mass is 16.3. The molecule has 1 N–H and O–H groups in total. The first-order chi connectivity index (χ1) is 10.2. The van der Waals surface area contributed by atoms with Crippen LogP contribution in [0.4, 0.5) is 5.69 Å². The molecule has 0 radical (unpaired) electrons. The molecule has 2 nitrogen and oxygen atoms in total. The summed E-state index contributed by atoms with van der Waals surface area (Å²) in [6.07, 6.45) is 1.76. The number of hydrogen-bond acceptors (Lipinski definition) is 2. The monoisotopic (exact) mass is 295 g/mol. The van der Waals surface area contributed by atoms with E-state index in [1.807, 2.05) is 12.1 Å². The lowest BCUT2D eigenvalue weighted by atomic mass is 9.86. The highest BCUT2D eigenvalue weighted by Crippen LogP contribution is 2.28. The van der Waals surface area contributed by atoms with E-state index in [0.717, 1.165) is 22.4 Å². The molecule has 0 saturated heterocycles. The number of phenols is 1. The van der Waals surface area contributed by atoms with E-state index in [9.17, 15) is 5.11 Å². The highest BCUT2D eigenvalue weighted by Gasteiger charge is 2.15. The normalized spacial score (nSPS) is 12.1. The first-order valence-electron chi connectivity index (χ1n) is 7.64. The molecule has 0 aliphatic heterocycles. The molecule has 2 heteroatoms. The summed E-state index contributed by atoms with van der Waals surface area (Å²) in [5.41, 5.74) is 6.51. The van der Waals surface area contributed by atoms with E-state index in [4.69, 9.17) is 0 Å². The highest BCUT2D eigenvalue weighted by molar-refractivity contribution is 5.86. The standard InChI is InChI=1S/C20H25NO/c1-13-9-14(2)19(15(3)10-13)21-12-16-11-17(20(4,5)6)7-8-18(16)22/h7-12,22H,1-6H3. The Labute approximate surface area is 133 Å². The second kappa shape index (κ2) is 5.96. The molecule has 0 spiro atoms. The van der Waals surface area contributed by atoms with Crippen LogP contribution in [0.2, 0.25) is 0 Å². The van der Waals surface area contributed by atoms with Crippen molar-refractivity contribution in [2.24, 2.45) is 4.99 Å². The maximum Gasteiger partial charge on any atom is 0.124 e. The zero-order valence-electron chi connectivity index (χ0n) is 14.4. The zero-order valence-corrected chi connectivity index (χ0v) is 14.4. The lowest BCUT2D eigenvalue weighted by Crippen LogP contribution is -2.11. The lowest BCUT2D eigenvalue weighted by Gasteiger charge is -2.19. The smallest absolute Gasteiger partial charge is 0.124 e. The van der Waals surface area contributed by atoms with Crippen molar-refractivity contribution in [3.05, 3.63) is 58.1 Å². The first-order valence-corrected chi connectivity index (χ1v) is 7.64. The summed E-state index contributed by atoms with van der Waals surface area (Å²) >= 11 is 0. The number of phenolic OH excluding ortho intramolecular Hbond substituents is 1. The number of aliphatic imine (C=N–C) groups is 1. The maximum absolute atomic E-state index is 10.1. The first kappa shape index (κ1) is 16.3. The van der Waals surface area contributed by atoms with Gasteiger partial charge >= 0.3 is 0 Å². The minimum absolute atomic E-state index is 0.0476. The van der Waals surface area contributed by atoms with Crippen LogP contribution in [0.1, 0.15) is 48.6 Å². The van der Waals surface area contributed by atoms with E-state index in [2.05, 4.69) is 58.7 Å². The summed E-state index contributed by atoms with van der Waals surface area (Å²) < 4.78 is 0. The second-order valence-corrected chi connectivity index (χ2v) is 7.03. The van der Waals surface area contributed by atoms with Crippen molar-refractivity contribution >= 4 is 11.9 Å². The second-order valence-electron chi connectivity index (χ2n) is 7.03. The maximum atomic E-state index is 10.1. The minimum atomic E-state index is 0.0476. The van der Waals surface area contributed by atoms with Crippen LogP contribution < -0.4 is 0 Å². The van der Waals surface area contributed by atoms with Gasteiger partial charge in [0, 0.05) is 11.8 Å². The van der Waals surface area contributed by atoms with Crippen LogP contribution in [-0.4, -0.2) is 11.3 Å². The van der Waals surface area contributed by atoms with Crippen molar-refractivity contribution in [1.29, 1.82) is 0 Å². The number of aryl methyl sites for hydroxylation is 3. The molecule has 0 unspecified atom stereocenters. The van der Waals surface area contributed by atoms with E-state index in [-0.39, 0.29) is 11.2 Å². The van der Waals surface area contributed by atoms with Gasteiger partial charge in [-0.15, -0.1) is 0 Å². The molecule has 0 fully saturated rings. The van der Waals surface area contributed by atoms with Crippen molar-refractivity contribution in [2.75, 3.05) is 0 Å². The predicted octanol–water partition coefficient (Wildman–Crippen LogP) is 5.37. The molecule has 2 rings (SSSR count). The molecule has 0 aromatic heterocycles. The Morgan fingerprint density at radius 2 is 1.55 bits per heavy atom.